The zero-order valence-corrected chi connectivity index (χ0v) is 12.7. The van der Waals surface area contributed by atoms with Gasteiger partial charge in [-0.25, -0.2) is 0 Å². The second kappa shape index (κ2) is 5.34. The van der Waals surface area contributed by atoms with Gasteiger partial charge >= 0.3 is 0 Å². The predicted molar refractivity (Wildman–Crippen MR) is 78.4 cm³/mol. The highest BCUT2D eigenvalue weighted by Crippen LogP contribution is 2.43. The molecule has 2 aliphatic carbocycles. The molecule has 3 nitrogen and oxygen atoms in total. The van der Waals surface area contributed by atoms with E-state index in [1.807, 2.05) is 0 Å². The van der Waals surface area contributed by atoms with Gasteiger partial charge in [0.15, 0.2) is 0 Å². The lowest BCUT2D eigenvalue weighted by molar-refractivity contribution is -0.0371. The number of rotatable bonds is 5. The van der Waals surface area contributed by atoms with Gasteiger partial charge in [-0.2, -0.15) is 0 Å². The first kappa shape index (κ1) is 13.8. The van der Waals surface area contributed by atoms with E-state index in [4.69, 9.17) is 4.74 Å². The minimum Gasteiger partial charge on any atom is -0.370 e. The molecule has 110 valence electrons. The van der Waals surface area contributed by atoms with Crippen molar-refractivity contribution in [3.05, 3.63) is 0 Å². The lowest BCUT2D eigenvalue weighted by atomic mass is 9.75. The average Bonchev–Trinajstić information content (AvgIpc) is 2.93. The Morgan fingerprint density at radius 2 is 1.79 bits per heavy atom. The van der Waals surface area contributed by atoms with E-state index < -0.39 is 0 Å². The molecule has 3 fully saturated rings. The molecule has 1 atom stereocenters. The molecule has 2 saturated carbocycles. The second-order valence-corrected chi connectivity index (χ2v) is 7.27. The third kappa shape index (κ3) is 2.70. The van der Waals surface area contributed by atoms with Crippen LogP contribution >= 0.6 is 0 Å². The summed E-state index contributed by atoms with van der Waals surface area (Å²) in [6, 6.07) is 0. The summed E-state index contributed by atoms with van der Waals surface area (Å²) in [6.45, 7) is 2.18. The maximum atomic E-state index is 6.36. The zero-order chi connectivity index (χ0) is 13.3. The summed E-state index contributed by atoms with van der Waals surface area (Å²) in [7, 11) is 4.45. The van der Waals surface area contributed by atoms with Gasteiger partial charge in [0.2, 0.25) is 0 Å². The van der Waals surface area contributed by atoms with Gasteiger partial charge in [-0.15, -0.1) is 0 Å². The van der Waals surface area contributed by atoms with Crippen LogP contribution in [0.5, 0.6) is 0 Å². The Balaban J connectivity index is 1.41. The van der Waals surface area contributed by atoms with E-state index in [1.165, 1.54) is 57.8 Å². The van der Waals surface area contributed by atoms with Gasteiger partial charge in [-0.1, -0.05) is 12.8 Å². The van der Waals surface area contributed by atoms with E-state index >= 15 is 0 Å². The molecule has 1 spiro atoms. The molecule has 0 bridgehead atoms. The summed E-state index contributed by atoms with van der Waals surface area (Å²) >= 11 is 0. The van der Waals surface area contributed by atoms with Crippen molar-refractivity contribution in [2.75, 3.05) is 27.2 Å². The topological polar surface area (TPSA) is 24.5 Å². The van der Waals surface area contributed by atoms with Crippen molar-refractivity contribution in [1.82, 2.24) is 10.2 Å². The Hall–Kier alpha value is -0.120. The number of ether oxygens (including phenoxy) is 1. The van der Waals surface area contributed by atoms with Gasteiger partial charge in [0.25, 0.3) is 0 Å². The summed E-state index contributed by atoms with van der Waals surface area (Å²) < 4.78 is 6.36. The van der Waals surface area contributed by atoms with Crippen molar-refractivity contribution >= 4 is 0 Å². The van der Waals surface area contributed by atoms with Gasteiger partial charge < -0.3 is 15.0 Å². The monoisotopic (exact) mass is 266 g/mol. The van der Waals surface area contributed by atoms with Crippen LogP contribution in [0.1, 0.15) is 57.8 Å². The van der Waals surface area contributed by atoms with Gasteiger partial charge in [-0.3, -0.25) is 0 Å². The normalized spacial score (nSPS) is 32.1. The molecule has 0 aromatic rings. The van der Waals surface area contributed by atoms with Crippen LogP contribution in [0.2, 0.25) is 0 Å². The summed E-state index contributed by atoms with van der Waals surface area (Å²) in [5, 5.41) is 3.69. The van der Waals surface area contributed by atoms with Crippen LogP contribution in [-0.2, 0) is 4.74 Å². The Kier molecular flexibility index (Phi) is 3.89. The van der Waals surface area contributed by atoms with Crippen LogP contribution < -0.4 is 5.32 Å². The molecule has 1 unspecified atom stereocenters. The fourth-order valence-electron chi connectivity index (χ4n) is 4.26. The SMILES string of the molecule is CN(C)C1(CNCC2CCC3(CCCC3)O2)CCC1. The highest BCUT2D eigenvalue weighted by Gasteiger charge is 2.42. The fraction of sp³-hybridized carbons (Fsp3) is 1.00. The van der Waals surface area contributed by atoms with E-state index in [0.717, 1.165) is 13.1 Å². The van der Waals surface area contributed by atoms with E-state index in [2.05, 4.69) is 24.3 Å². The molecule has 1 aliphatic heterocycles. The highest BCUT2D eigenvalue weighted by molar-refractivity contribution is 4.98. The lowest BCUT2D eigenvalue weighted by Gasteiger charge is -2.47. The third-order valence-corrected chi connectivity index (χ3v) is 5.91. The van der Waals surface area contributed by atoms with Gasteiger partial charge in [0.05, 0.1) is 11.7 Å². The van der Waals surface area contributed by atoms with E-state index in [0.29, 0.717) is 17.2 Å². The molecule has 3 rings (SSSR count). The minimum atomic E-state index is 0.294. The first-order chi connectivity index (χ1) is 9.14. The molecule has 19 heavy (non-hydrogen) atoms. The molecular weight excluding hydrogens is 236 g/mol. The number of likely N-dealkylation sites (N-methyl/N-ethyl adjacent to an activating group) is 1. The molecule has 1 N–H and O–H groups in total. The van der Waals surface area contributed by atoms with Crippen molar-refractivity contribution in [2.45, 2.75) is 75.0 Å². The summed E-state index contributed by atoms with van der Waals surface area (Å²) in [4.78, 5) is 2.41. The predicted octanol–water partition coefficient (Wildman–Crippen LogP) is 2.55. The molecule has 3 aliphatic rings. The smallest absolute Gasteiger partial charge is 0.0708 e. The molecule has 1 saturated heterocycles. The Morgan fingerprint density at radius 1 is 1.05 bits per heavy atom. The second-order valence-electron chi connectivity index (χ2n) is 7.27. The lowest BCUT2D eigenvalue weighted by Crippen LogP contribution is -2.57. The van der Waals surface area contributed by atoms with Crippen molar-refractivity contribution < 1.29 is 4.74 Å². The van der Waals surface area contributed by atoms with E-state index in [1.54, 1.807) is 0 Å². The van der Waals surface area contributed by atoms with Crippen LogP contribution in [-0.4, -0.2) is 49.3 Å². The van der Waals surface area contributed by atoms with Crippen LogP contribution in [0.3, 0.4) is 0 Å². The largest absolute Gasteiger partial charge is 0.370 e. The summed E-state index contributed by atoms with van der Waals surface area (Å²) in [5.41, 5.74) is 0.728. The van der Waals surface area contributed by atoms with Crippen LogP contribution in [0.25, 0.3) is 0 Å². The Labute approximate surface area is 118 Å². The molecular formula is C16H30N2O. The molecule has 0 amide bonds. The third-order valence-electron chi connectivity index (χ3n) is 5.91. The fourth-order valence-corrected chi connectivity index (χ4v) is 4.26. The highest BCUT2D eigenvalue weighted by atomic mass is 16.5. The Bertz CT molecular complexity index is 306. The average molecular weight is 266 g/mol. The van der Waals surface area contributed by atoms with Gasteiger partial charge in [-0.05, 0) is 59.0 Å². The van der Waals surface area contributed by atoms with Crippen LogP contribution in [0.4, 0.5) is 0 Å². The molecule has 3 heteroatoms. The number of hydrogen-bond donors (Lipinski definition) is 1. The number of nitrogens with zero attached hydrogens (tertiary/aromatic N) is 1. The standard InChI is InChI=1S/C16H30N2O/c1-18(2)15(7-5-8-15)13-17-12-14-6-11-16(19-14)9-3-4-10-16/h14,17H,3-13H2,1-2H3. The summed E-state index contributed by atoms with van der Waals surface area (Å²) in [5.74, 6) is 0. The van der Waals surface area contributed by atoms with Crippen molar-refractivity contribution in [1.29, 1.82) is 0 Å². The maximum Gasteiger partial charge on any atom is 0.0708 e. The van der Waals surface area contributed by atoms with Gasteiger partial charge in [0, 0.05) is 18.6 Å². The van der Waals surface area contributed by atoms with Crippen LogP contribution in [0.15, 0.2) is 0 Å². The minimum absolute atomic E-state index is 0.294. The zero-order valence-electron chi connectivity index (χ0n) is 12.7. The first-order valence-corrected chi connectivity index (χ1v) is 8.20. The maximum absolute atomic E-state index is 6.36. The molecule has 1 heterocycles. The van der Waals surface area contributed by atoms with Crippen molar-refractivity contribution in [3.63, 3.8) is 0 Å². The first-order valence-electron chi connectivity index (χ1n) is 8.20. The van der Waals surface area contributed by atoms with Crippen molar-refractivity contribution in [2.24, 2.45) is 0 Å². The number of hydrogen-bond acceptors (Lipinski definition) is 3. The molecule has 0 radical (unpaired) electrons. The van der Waals surface area contributed by atoms with Crippen LogP contribution in [0, 0.1) is 0 Å². The quantitative estimate of drug-likeness (QED) is 0.827. The molecule has 0 aromatic heterocycles. The summed E-state index contributed by atoms with van der Waals surface area (Å²) in [6.07, 6.45) is 12.5. The van der Waals surface area contributed by atoms with E-state index in [-0.39, 0.29) is 0 Å². The Morgan fingerprint density at radius 3 is 2.37 bits per heavy atom. The number of nitrogens with one attached hydrogen (secondary N) is 1. The molecule has 0 aromatic carbocycles. The van der Waals surface area contributed by atoms with E-state index in [9.17, 15) is 0 Å². The van der Waals surface area contributed by atoms with Gasteiger partial charge in [0.1, 0.15) is 0 Å². The van der Waals surface area contributed by atoms with Crippen molar-refractivity contribution in [3.8, 4) is 0 Å².